The molecule has 0 saturated heterocycles. The molecule has 0 spiro atoms. The number of esters is 1. The quantitative estimate of drug-likeness (QED) is 0.493. The van der Waals surface area contributed by atoms with E-state index in [1.165, 1.54) is 19.2 Å². The van der Waals surface area contributed by atoms with Crippen LogP contribution in [0, 0.1) is 0 Å². The number of hydrogen-bond donors (Lipinski definition) is 2. The number of rotatable bonds is 3. The summed E-state index contributed by atoms with van der Waals surface area (Å²) in [5.74, 6) is -1.52. The second-order valence-electron chi connectivity index (χ2n) is 6.41. The molecule has 146 valence electrons. The van der Waals surface area contributed by atoms with E-state index >= 15 is 0 Å². The first-order valence-electron chi connectivity index (χ1n) is 8.98. The number of carboxylic acids is 1. The van der Waals surface area contributed by atoms with Gasteiger partial charge in [-0.15, -0.1) is 0 Å². The van der Waals surface area contributed by atoms with E-state index < -0.39 is 5.97 Å². The molecule has 0 unspecified atom stereocenters. The van der Waals surface area contributed by atoms with Crippen LogP contribution < -0.4 is 0 Å². The van der Waals surface area contributed by atoms with Crippen LogP contribution >= 0.6 is 0 Å². The Labute approximate surface area is 167 Å². The molecule has 0 aliphatic rings. The lowest BCUT2D eigenvalue weighted by atomic mass is 10.0. The van der Waals surface area contributed by atoms with Gasteiger partial charge < -0.3 is 14.9 Å². The van der Waals surface area contributed by atoms with Gasteiger partial charge in [0.2, 0.25) is 0 Å². The Morgan fingerprint density at radius 2 is 1.41 bits per heavy atom. The van der Waals surface area contributed by atoms with E-state index in [1.54, 1.807) is 6.07 Å². The molecule has 4 rings (SSSR count). The van der Waals surface area contributed by atoms with E-state index in [0.29, 0.717) is 6.42 Å². The van der Waals surface area contributed by atoms with Gasteiger partial charge in [0.05, 0.1) is 13.5 Å². The predicted octanol–water partition coefficient (Wildman–Crippen LogP) is 4.80. The third kappa shape index (κ3) is 4.71. The summed E-state index contributed by atoms with van der Waals surface area (Å²) in [7, 11) is 1.41. The maximum Gasteiger partial charge on any atom is 0.339 e. The average molecular weight is 388 g/mol. The fraction of sp³-hybridized carbons (Fsp3) is 0.0833. The molecule has 4 aromatic rings. The van der Waals surface area contributed by atoms with Crippen molar-refractivity contribution in [2.24, 2.45) is 0 Å². The number of aromatic carboxylic acids is 1. The summed E-state index contributed by atoms with van der Waals surface area (Å²) < 4.78 is 4.66. The second kappa shape index (κ2) is 8.89. The van der Waals surface area contributed by atoms with Gasteiger partial charge in [-0.3, -0.25) is 4.79 Å². The number of aromatic hydroxyl groups is 1. The molecule has 0 fully saturated rings. The summed E-state index contributed by atoms with van der Waals surface area (Å²) in [5.41, 5.74) is 0.948. The van der Waals surface area contributed by atoms with Crippen molar-refractivity contribution in [1.29, 1.82) is 0 Å². The molecule has 5 nitrogen and oxygen atoms in total. The van der Waals surface area contributed by atoms with E-state index in [1.807, 2.05) is 60.7 Å². The first-order chi connectivity index (χ1) is 14.0. The first-order valence-corrected chi connectivity index (χ1v) is 8.98. The molecule has 0 heterocycles. The summed E-state index contributed by atoms with van der Waals surface area (Å²) in [6.07, 6.45) is 0.331. The number of fused-ring (bicyclic) bond motifs is 2. The van der Waals surface area contributed by atoms with Crippen LogP contribution in [0.3, 0.4) is 0 Å². The fourth-order valence-corrected chi connectivity index (χ4v) is 3.07. The highest BCUT2D eigenvalue weighted by molar-refractivity contribution is 5.97. The van der Waals surface area contributed by atoms with Crippen LogP contribution in [0.1, 0.15) is 15.9 Å². The van der Waals surface area contributed by atoms with Crippen molar-refractivity contribution in [3.63, 3.8) is 0 Å². The van der Waals surface area contributed by atoms with E-state index in [0.717, 1.165) is 27.1 Å². The van der Waals surface area contributed by atoms with Crippen molar-refractivity contribution < 1.29 is 24.5 Å². The standard InChI is InChI=1S/C13H12O2.C11H8O3/c1-15-13(14)9-11-7-4-6-10-5-2-3-8-12(10)11;12-10-6-8-4-2-1-3-7(8)5-9(10)11(13)14/h2-8H,9H2,1H3;1-6,12H,(H,13,14). The van der Waals surface area contributed by atoms with Gasteiger partial charge >= 0.3 is 11.9 Å². The molecule has 29 heavy (non-hydrogen) atoms. The third-order valence-electron chi connectivity index (χ3n) is 4.54. The lowest BCUT2D eigenvalue weighted by Crippen LogP contribution is -2.04. The molecule has 0 aliphatic heterocycles. The summed E-state index contributed by atoms with van der Waals surface area (Å²) in [4.78, 5) is 21.9. The topological polar surface area (TPSA) is 83.8 Å². The van der Waals surface area contributed by atoms with Crippen LogP contribution in [0.4, 0.5) is 0 Å². The minimum absolute atomic E-state index is 0.0660. The van der Waals surface area contributed by atoms with E-state index in [4.69, 9.17) is 5.11 Å². The van der Waals surface area contributed by atoms with Crippen LogP contribution in [-0.4, -0.2) is 29.3 Å². The largest absolute Gasteiger partial charge is 0.507 e. The summed E-state index contributed by atoms with van der Waals surface area (Å²) >= 11 is 0. The van der Waals surface area contributed by atoms with Crippen molar-refractivity contribution in [2.45, 2.75) is 6.42 Å². The highest BCUT2D eigenvalue weighted by Gasteiger charge is 2.10. The normalized spacial score (nSPS) is 10.2. The number of phenols is 1. The van der Waals surface area contributed by atoms with Crippen molar-refractivity contribution in [3.05, 3.63) is 90.0 Å². The number of methoxy groups -OCH3 is 1. The zero-order valence-electron chi connectivity index (χ0n) is 15.8. The Morgan fingerprint density at radius 3 is 2.07 bits per heavy atom. The zero-order chi connectivity index (χ0) is 20.8. The molecule has 0 saturated carbocycles. The summed E-state index contributed by atoms with van der Waals surface area (Å²) in [5, 5.41) is 22.1. The Hall–Kier alpha value is -3.86. The van der Waals surface area contributed by atoms with Crippen molar-refractivity contribution in [3.8, 4) is 5.75 Å². The molecule has 0 amide bonds. The third-order valence-corrected chi connectivity index (χ3v) is 4.54. The maximum absolute atomic E-state index is 11.2. The Morgan fingerprint density at radius 1 is 0.828 bits per heavy atom. The molecule has 0 aliphatic carbocycles. The fourth-order valence-electron chi connectivity index (χ4n) is 3.07. The SMILES string of the molecule is COC(=O)Cc1cccc2ccccc12.O=C(O)c1cc2ccccc2cc1O. The molecule has 0 atom stereocenters. The van der Waals surface area contributed by atoms with Gasteiger partial charge in [0.1, 0.15) is 11.3 Å². The van der Waals surface area contributed by atoms with Crippen LogP contribution in [0.25, 0.3) is 21.5 Å². The van der Waals surface area contributed by atoms with Crippen LogP contribution in [0.15, 0.2) is 78.9 Å². The maximum atomic E-state index is 11.2. The molecule has 4 aromatic carbocycles. The Balaban J connectivity index is 0.000000166. The number of hydrogen-bond acceptors (Lipinski definition) is 4. The van der Waals surface area contributed by atoms with Crippen LogP contribution in [0.2, 0.25) is 0 Å². The Bertz CT molecular complexity index is 1170. The number of ether oxygens (including phenoxy) is 1. The van der Waals surface area contributed by atoms with Gasteiger partial charge in [-0.1, -0.05) is 66.7 Å². The lowest BCUT2D eigenvalue weighted by molar-refractivity contribution is -0.139. The van der Waals surface area contributed by atoms with Gasteiger partial charge in [0, 0.05) is 0 Å². The molecule has 5 heteroatoms. The van der Waals surface area contributed by atoms with E-state index in [-0.39, 0.29) is 17.3 Å². The Kier molecular flexibility index (Phi) is 6.09. The molecular formula is C24H20O5. The first kappa shape index (κ1) is 19.9. The summed E-state index contributed by atoms with van der Waals surface area (Å²) in [6.45, 7) is 0. The highest BCUT2D eigenvalue weighted by Crippen LogP contribution is 2.24. The zero-order valence-corrected chi connectivity index (χ0v) is 15.8. The highest BCUT2D eigenvalue weighted by atomic mass is 16.5. The second-order valence-corrected chi connectivity index (χ2v) is 6.41. The average Bonchev–Trinajstić information content (AvgIpc) is 2.73. The van der Waals surface area contributed by atoms with Crippen LogP contribution in [0.5, 0.6) is 5.75 Å². The van der Waals surface area contributed by atoms with Gasteiger partial charge in [0.25, 0.3) is 0 Å². The van der Waals surface area contributed by atoms with Crippen molar-refractivity contribution >= 4 is 33.5 Å². The van der Waals surface area contributed by atoms with Gasteiger partial charge in [-0.05, 0) is 39.2 Å². The van der Waals surface area contributed by atoms with Gasteiger partial charge in [-0.2, -0.15) is 0 Å². The molecule has 0 radical (unpaired) electrons. The number of carboxylic acid groups (broad SMARTS) is 1. The van der Waals surface area contributed by atoms with Crippen molar-refractivity contribution in [1.82, 2.24) is 0 Å². The predicted molar refractivity (Wildman–Crippen MR) is 112 cm³/mol. The minimum atomic E-state index is -1.12. The molecule has 0 bridgehead atoms. The van der Waals surface area contributed by atoms with E-state index in [9.17, 15) is 14.7 Å². The molecular weight excluding hydrogens is 368 g/mol. The van der Waals surface area contributed by atoms with E-state index in [2.05, 4.69) is 4.74 Å². The van der Waals surface area contributed by atoms with Crippen molar-refractivity contribution in [2.75, 3.05) is 7.11 Å². The smallest absolute Gasteiger partial charge is 0.339 e. The lowest BCUT2D eigenvalue weighted by Gasteiger charge is -2.04. The minimum Gasteiger partial charge on any atom is -0.507 e. The van der Waals surface area contributed by atoms with Gasteiger partial charge in [-0.25, -0.2) is 4.79 Å². The number of benzene rings is 4. The number of carbonyl (C=O) groups excluding carboxylic acids is 1. The molecule has 0 aromatic heterocycles. The summed E-state index contributed by atoms with van der Waals surface area (Å²) in [6, 6.07) is 24.2. The monoisotopic (exact) mass is 388 g/mol. The molecule has 2 N–H and O–H groups in total. The van der Waals surface area contributed by atoms with Crippen LogP contribution in [-0.2, 0) is 16.0 Å². The van der Waals surface area contributed by atoms with Gasteiger partial charge in [0.15, 0.2) is 0 Å². The number of carbonyl (C=O) groups is 2.